The molecular formula is C27H31F4N3O4S. The van der Waals surface area contributed by atoms with Crippen molar-refractivity contribution in [2.75, 3.05) is 18.1 Å². The summed E-state index contributed by atoms with van der Waals surface area (Å²) in [6, 6.07) is 4.71. The molecule has 2 atom stereocenters. The number of benzene rings is 2. The minimum absolute atomic E-state index is 0.0287. The van der Waals surface area contributed by atoms with Crippen molar-refractivity contribution in [1.29, 1.82) is 0 Å². The van der Waals surface area contributed by atoms with Gasteiger partial charge in [0.15, 0.2) is 9.84 Å². The third kappa shape index (κ3) is 6.54. The highest BCUT2D eigenvalue weighted by atomic mass is 32.2. The van der Waals surface area contributed by atoms with Gasteiger partial charge in [-0.1, -0.05) is 6.07 Å². The Morgan fingerprint density at radius 2 is 1.74 bits per heavy atom. The number of halogens is 4. The van der Waals surface area contributed by atoms with Gasteiger partial charge in [0.25, 0.3) is 5.91 Å². The van der Waals surface area contributed by atoms with Crippen LogP contribution in [0.2, 0.25) is 0 Å². The fourth-order valence-electron chi connectivity index (χ4n) is 4.89. The van der Waals surface area contributed by atoms with Gasteiger partial charge in [-0.3, -0.25) is 9.59 Å². The Morgan fingerprint density at radius 1 is 1.05 bits per heavy atom. The lowest BCUT2D eigenvalue weighted by Crippen LogP contribution is -2.47. The van der Waals surface area contributed by atoms with E-state index in [9.17, 15) is 35.6 Å². The number of alkyl halides is 3. The number of hydrogen-bond donors (Lipinski definition) is 2. The number of amides is 2. The topological polar surface area (TPSA) is 95.6 Å². The highest BCUT2D eigenvalue weighted by Gasteiger charge is 2.41. The van der Waals surface area contributed by atoms with Crippen LogP contribution in [-0.2, 0) is 20.8 Å². The Bertz CT molecular complexity index is 1370. The molecule has 2 aromatic rings. The van der Waals surface area contributed by atoms with E-state index in [1.165, 1.54) is 23.1 Å². The first-order chi connectivity index (χ1) is 18.2. The number of carbonyl (C=O) groups excluding carboxylic acids is 2. The Balaban J connectivity index is 1.60. The van der Waals surface area contributed by atoms with E-state index in [1.54, 1.807) is 0 Å². The minimum Gasteiger partial charge on any atom is -0.382 e. The van der Waals surface area contributed by atoms with Crippen molar-refractivity contribution in [2.24, 2.45) is 5.92 Å². The Labute approximate surface area is 224 Å². The average molecular weight is 570 g/mol. The van der Waals surface area contributed by atoms with Gasteiger partial charge in [-0.05, 0) is 75.8 Å². The molecule has 39 heavy (non-hydrogen) atoms. The Hall–Kier alpha value is -3.15. The van der Waals surface area contributed by atoms with Crippen LogP contribution in [0.25, 0.3) is 0 Å². The lowest BCUT2D eigenvalue weighted by molar-refractivity contribution is -0.137. The van der Waals surface area contributed by atoms with Crippen LogP contribution in [0.5, 0.6) is 0 Å². The van der Waals surface area contributed by atoms with Gasteiger partial charge in [-0.2, -0.15) is 13.2 Å². The van der Waals surface area contributed by atoms with Crippen LogP contribution in [0.1, 0.15) is 67.1 Å². The van der Waals surface area contributed by atoms with Crippen molar-refractivity contribution >= 4 is 27.3 Å². The fourth-order valence-corrected chi connectivity index (χ4v) is 5.54. The van der Waals surface area contributed by atoms with Gasteiger partial charge < -0.3 is 15.5 Å². The summed E-state index contributed by atoms with van der Waals surface area (Å²) in [4.78, 5) is 28.4. The van der Waals surface area contributed by atoms with Crippen LogP contribution >= 0.6 is 0 Å². The molecule has 2 amide bonds. The van der Waals surface area contributed by atoms with E-state index < -0.39 is 51.3 Å². The predicted octanol–water partition coefficient (Wildman–Crippen LogP) is 4.94. The zero-order valence-corrected chi connectivity index (χ0v) is 22.6. The molecule has 0 spiro atoms. The van der Waals surface area contributed by atoms with Gasteiger partial charge in [0.05, 0.1) is 22.1 Å². The van der Waals surface area contributed by atoms with E-state index in [1.807, 2.05) is 13.8 Å². The second-order valence-corrected chi connectivity index (χ2v) is 12.5. The summed E-state index contributed by atoms with van der Waals surface area (Å²) < 4.78 is 78.2. The number of rotatable bonds is 8. The van der Waals surface area contributed by atoms with Gasteiger partial charge in [0, 0.05) is 30.1 Å². The lowest BCUT2D eigenvalue weighted by atomic mass is 9.99. The van der Waals surface area contributed by atoms with Crippen molar-refractivity contribution in [2.45, 2.75) is 68.7 Å². The van der Waals surface area contributed by atoms with Crippen LogP contribution in [0.3, 0.4) is 0 Å². The van der Waals surface area contributed by atoms with E-state index in [0.717, 1.165) is 18.4 Å². The first-order valence-corrected chi connectivity index (χ1v) is 14.6. The number of carbonyl (C=O) groups is 2. The molecule has 2 aliphatic rings. The molecular weight excluding hydrogens is 538 g/mol. The van der Waals surface area contributed by atoms with Crippen molar-refractivity contribution in [3.05, 3.63) is 58.9 Å². The van der Waals surface area contributed by atoms with Gasteiger partial charge in [0.2, 0.25) is 5.91 Å². The van der Waals surface area contributed by atoms with Gasteiger partial charge in [0.1, 0.15) is 11.9 Å². The van der Waals surface area contributed by atoms with Gasteiger partial charge in [-0.15, -0.1) is 0 Å². The first kappa shape index (κ1) is 28.8. The molecule has 2 N–H and O–H groups in total. The highest BCUT2D eigenvalue weighted by molar-refractivity contribution is 7.90. The van der Waals surface area contributed by atoms with E-state index in [2.05, 4.69) is 10.6 Å². The molecule has 1 unspecified atom stereocenters. The largest absolute Gasteiger partial charge is 0.416 e. The van der Waals surface area contributed by atoms with Gasteiger partial charge in [-0.25, -0.2) is 12.8 Å². The normalized spacial score (nSPS) is 18.8. The monoisotopic (exact) mass is 569 g/mol. The van der Waals surface area contributed by atoms with Crippen molar-refractivity contribution in [1.82, 2.24) is 10.2 Å². The molecule has 12 heteroatoms. The molecule has 0 radical (unpaired) electrons. The van der Waals surface area contributed by atoms with Crippen molar-refractivity contribution in [3.63, 3.8) is 0 Å². The lowest BCUT2D eigenvalue weighted by Gasteiger charge is -2.28. The van der Waals surface area contributed by atoms with Crippen LogP contribution in [0, 0.1) is 11.7 Å². The summed E-state index contributed by atoms with van der Waals surface area (Å²) >= 11 is 0. The summed E-state index contributed by atoms with van der Waals surface area (Å²) in [5.74, 6) is -2.23. The fraction of sp³-hybridized carbons (Fsp3) is 0.481. The zero-order chi connectivity index (χ0) is 28.7. The molecule has 1 saturated heterocycles. The molecule has 1 saturated carbocycles. The molecule has 1 aliphatic carbocycles. The Morgan fingerprint density at radius 3 is 2.31 bits per heavy atom. The molecule has 1 heterocycles. The summed E-state index contributed by atoms with van der Waals surface area (Å²) in [5.41, 5.74) is -0.603. The number of anilines is 1. The third-order valence-electron chi connectivity index (χ3n) is 6.96. The second-order valence-electron chi connectivity index (χ2n) is 10.5. The summed E-state index contributed by atoms with van der Waals surface area (Å²) in [6.07, 6.45) is -1.44. The van der Waals surface area contributed by atoms with Crippen LogP contribution in [-0.4, -0.2) is 50.0 Å². The second kappa shape index (κ2) is 10.8. The van der Waals surface area contributed by atoms with Crippen molar-refractivity contribution < 1.29 is 35.6 Å². The predicted molar refractivity (Wildman–Crippen MR) is 137 cm³/mol. The molecule has 7 nitrogen and oxygen atoms in total. The molecule has 1 aliphatic heterocycles. The average Bonchev–Trinajstić information content (AvgIpc) is 3.56. The first-order valence-electron chi connectivity index (χ1n) is 12.8. The van der Waals surface area contributed by atoms with Crippen molar-refractivity contribution in [3.8, 4) is 0 Å². The molecule has 0 aromatic heterocycles. The molecule has 2 fully saturated rings. The third-order valence-corrected chi connectivity index (χ3v) is 8.07. The molecule has 0 bridgehead atoms. The summed E-state index contributed by atoms with van der Waals surface area (Å²) in [5, 5.41) is 5.92. The van der Waals surface area contributed by atoms with E-state index >= 15 is 0 Å². The molecule has 2 aromatic carbocycles. The maximum Gasteiger partial charge on any atom is 0.416 e. The number of hydrogen-bond acceptors (Lipinski definition) is 5. The number of nitrogens with one attached hydrogen (secondary N) is 2. The maximum absolute atomic E-state index is 14.8. The zero-order valence-electron chi connectivity index (χ0n) is 21.8. The van der Waals surface area contributed by atoms with Crippen LogP contribution < -0.4 is 10.6 Å². The van der Waals surface area contributed by atoms with Gasteiger partial charge >= 0.3 is 6.18 Å². The number of likely N-dealkylation sites (tertiary alicyclic amines) is 1. The van der Waals surface area contributed by atoms with E-state index in [-0.39, 0.29) is 34.5 Å². The van der Waals surface area contributed by atoms with Crippen LogP contribution in [0.15, 0.2) is 41.3 Å². The smallest absolute Gasteiger partial charge is 0.382 e. The summed E-state index contributed by atoms with van der Waals surface area (Å²) in [6.45, 7) is 3.98. The maximum atomic E-state index is 14.8. The number of sulfone groups is 1. The standard InChI is InChI=1S/C27H31F4N3O4S/c1-15(2)32-22-11-9-18(39(3,37)38)14-20(22)26(36)34-12-4-5-23(34)25(35)33-24(16-6-7-16)19-10-8-17(13-21(19)28)27(29,30)31/h8-11,13-16,23-24,32H,4-7,12H2,1-3H3,(H,33,35)/t23-,24?/m1/s1. The Kier molecular flexibility index (Phi) is 7.98. The van der Waals surface area contributed by atoms with E-state index in [0.29, 0.717) is 37.4 Å². The summed E-state index contributed by atoms with van der Waals surface area (Å²) in [7, 11) is -3.61. The minimum atomic E-state index is -4.69. The SMILES string of the molecule is CC(C)Nc1ccc(S(C)(=O)=O)cc1C(=O)N1CCC[C@@H]1C(=O)NC(c1ccc(C(F)(F)F)cc1F)C1CC1. The molecule has 4 rings (SSSR count). The number of nitrogens with zero attached hydrogens (tertiary/aromatic N) is 1. The van der Waals surface area contributed by atoms with Crippen LogP contribution in [0.4, 0.5) is 23.2 Å². The quantitative estimate of drug-likeness (QED) is 0.439. The highest BCUT2D eigenvalue weighted by Crippen LogP contribution is 2.43. The molecule has 212 valence electrons. The van der Waals surface area contributed by atoms with E-state index in [4.69, 9.17) is 0 Å².